The van der Waals surface area contributed by atoms with Gasteiger partial charge in [-0.2, -0.15) is 0 Å². The third kappa shape index (κ3) is 10.0. The zero-order valence-corrected chi connectivity index (χ0v) is 35.2. The number of hydrogen-bond donors (Lipinski definition) is 0. The Morgan fingerprint density at radius 2 is 1.02 bits per heavy atom. The Kier molecular flexibility index (Phi) is 15.3. The van der Waals surface area contributed by atoms with Crippen LogP contribution in [0.4, 0.5) is 0 Å². The van der Waals surface area contributed by atoms with Crippen molar-refractivity contribution in [1.29, 1.82) is 0 Å². The van der Waals surface area contributed by atoms with Gasteiger partial charge in [0.05, 0.1) is 0 Å². The van der Waals surface area contributed by atoms with E-state index in [0.717, 1.165) is 6.42 Å². The van der Waals surface area contributed by atoms with E-state index in [1.54, 1.807) is 0 Å². The first-order valence-electron chi connectivity index (χ1n) is 17.6. The molecule has 0 amide bonds. The summed E-state index contributed by atoms with van der Waals surface area (Å²) in [6.45, 7) is 29.0. The Balaban J connectivity index is 2.70. The second-order valence-electron chi connectivity index (χ2n) is 15.9. The van der Waals surface area contributed by atoms with Gasteiger partial charge >= 0.3 is 276 Å². The molecule has 0 spiro atoms. The van der Waals surface area contributed by atoms with Crippen LogP contribution in [0.5, 0.6) is 0 Å². The molecule has 0 unspecified atom stereocenters. The molecule has 0 aliphatic heterocycles. The number of benzene rings is 2. The summed E-state index contributed by atoms with van der Waals surface area (Å²) in [5.74, 6) is 0. The van der Waals surface area contributed by atoms with Crippen molar-refractivity contribution in [2.45, 2.75) is 161 Å². The maximum atomic E-state index is 7.72. The average Bonchev–Trinajstić information content (AvgIpc) is 2.95. The summed E-state index contributed by atoms with van der Waals surface area (Å²) in [5.41, 5.74) is 0. The second kappa shape index (κ2) is 16.9. The molecule has 0 fully saturated rings. The molecular formula is C38H68O2Si2Sn. The van der Waals surface area contributed by atoms with Crippen LogP contribution in [0.1, 0.15) is 114 Å². The summed E-state index contributed by atoms with van der Waals surface area (Å²) in [7, 11) is -4.61. The molecule has 2 aromatic carbocycles. The summed E-state index contributed by atoms with van der Waals surface area (Å²) in [4.78, 5) is 0. The Labute approximate surface area is 274 Å². The van der Waals surface area contributed by atoms with Crippen molar-refractivity contribution >= 4 is 45.4 Å². The van der Waals surface area contributed by atoms with Gasteiger partial charge in [-0.25, -0.2) is 0 Å². The molecule has 2 atom stereocenters. The van der Waals surface area contributed by atoms with Crippen LogP contribution in [0.3, 0.4) is 0 Å². The van der Waals surface area contributed by atoms with E-state index in [-0.39, 0.29) is 16.2 Å². The zero-order valence-electron chi connectivity index (χ0n) is 30.3. The minimum atomic E-state index is -2.78. The molecule has 2 nitrogen and oxygen atoms in total. The Morgan fingerprint density at radius 3 is 1.35 bits per heavy atom. The van der Waals surface area contributed by atoms with Gasteiger partial charge in [-0.3, -0.25) is 0 Å². The maximum absolute atomic E-state index is 7.72. The number of unbranched alkanes of at least 4 members (excludes halogenated alkanes) is 3. The van der Waals surface area contributed by atoms with Crippen molar-refractivity contribution in [2.75, 3.05) is 0 Å². The van der Waals surface area contributed by atoms with E-state index < -0.39 is 35.0 Å². The molecule has 2 aromatic rings. The molecule has 0 aliphatic rings. The normalized spacial score (nSPS) is 15.0. The first-order valence-corrected chi connectivity index (χ1v) is 30.1. The van der Waals surface area contributed by atoms with Crippen molar-refractivity contribution < 1.29 is 8.85 Å². The van der Waals surface area contributed by atoms with Crippen LogP contribution in [-0.2, 0) is 8.85 Å². The van der Waals surface area contributed by atoms with Gasteiger partial charge in [0.15, 0.2) is 0 Å². The molecule has 0 aliphatic carbocycles. The molecule has 0 bridgehead atoms. The van der Waals surface area contributed by atoms with Gasteiger partial charge in [0.2, 0.25) is 0 Å². The fourth-order valence-corrected chi connectivity index (χ4v) is 33.9. The van der Waals surface area contributed by atoms with Crippen LogP contribution < -0.4 is 10.4 Å². The molecule has 244 valence electrons. The van der Waals surface area contributed by atoms with Gasteiger partial charge in [-0.1, -0.05) is 0 Å². The van der Waals surface area contributed by atoms with Gasteiger partial charge < -0.3 is 0 Å². The number of hydrogen-bond acceptors (Lipinski definition) is 2. The molecule has 0 aromatic heterocycles. The van der Waals surface area contributed by atoms with Crippen molar-refractivity contribution in [3.63, 3.8) is 0 Å². The molecule has 43 heavy (non-hydrogen) atoms. The van der Waals surface area contributed by atoms with E-state index in [2.05, 4.69) is 143 Å². The van der Waals surface area contributed by atoms with Crippen LogP contribution in [0, 0.1) is 0 Å². The molecule has 0 saturated heterocycles. The van der Waals surface area contributed by atoms with Gasteiger partial charge in [0.25, 0.3) is 0 Å². The predicted molar refractivity (Wildman–Crippen MR) is 200 cm³/mol. The van der Waals surface area contributed by atoms with Gasteiger partial charge in [0, 0.05) is 0 Å². The summed E-state index contributed by atoms with van der Waals surface area (Å²) < 4.78 is 20.2. The molecule has 0 saturated carbocycles. The summed E-state index contributed by atoms with van der Waals surface area (Å²) >= 11 is -2.78. The summed E-state index contributed by atoms with van der Waals surface area (Å²) in [6.07, 6.45) is 9.14. The standard InChI is InChI=1S/C26H41O2Si2.3C4H9.Sn/c1-22(20-21-27-29(8,9)25(2,3)4)28-30(26(5,6)7,23-16-12-10-13-17-23)24-18-14-11-15-19-24;3*1-3-4-2;/h10-19,21-22H,20H2,1-9H3;3*1,3-4H2,2H3;/t22-;;;;/m1..../s1. The van der Waals surface area contributed by atoms with E-state index in [1.165, 1.54) is 62.2 Å². The average molecular weight is 732 g/mol. The first-order chi connectivity index (χ1) is 20.1. The Morgan fingerprint density at radius 1 is 0.628 bits per heavy atom. The Bertz CT molecular complexity index is 982. The number of rotatable bonds is 18. The fourth-order valence-electron chi connectivity index (χ4n) is 6.74. The summed E-state index contributed by atoms with van der Waals surface area (Å²) in [5, 5.41) is 2.93. The van der Waals surface area contributed by atoms with E-state index in [1.807, 2.05) is 0 Å². The monoisotopic (exact) mass is 732 g/mol. The molecule has 5 heteroatoms. The van der Waals surface area contributed by atoms with Crippen LogP contribution in [0.25, 0.3) is 0 Å². The third-order valence-electron chi connectivity index (χ3n) is 10.4. The van der Waals surface area contributed by atoms with Crippen LogP contribution in [-0.4, -0.2) is 45.2 Å². The van der Waals surface area contributed by atoms with Crippen LogP contribution in [0.2, 0.25) is 36.5 Å². The van der Waals surface area contributed by atoms with Crippen molar-refractivity contribution in [1.82, 2.24) is 0 Å². The fraction of sp³-hybridized carbons (Fsp3) is 0.684. The van der Waals surface area contributed by atoms with Crippen LogP contribution in [0.15, 0.2) is 60.7 Å². The van der Waals surface area contributed by atoms with Crippen molar-refractivity contribution in [3.05, 3.63) is 60.7 Å². The van der Waals surface area contributed by atoms with Crippen molar-refractivity contribution in [2.24, 2.45) is 0 Å². The second-order valence-corrected chi connectivity index (χ2v) is 38.8. The molecular weight excluding hydrogens is 663 g/mol. The third-order valence-corrected chi connectivity index (χ3v) is 37.1. The Hall–Kier alpha value is -0.408. The topological polar surface area (TPSA) is 18.5 Å². The molecule has 0 N–H and O–H groups in total. The first kappa shape index (κ1) is 38.8. The van der Waals surface area contributed by atoms with Gasteiger partial charge in [-0.05, 0) is 0 Å². The van der Waals surface area contributed by atoms with Crippen molar-refractivity contribution in [3.8, 4) is 0 Å². The SMILES string of the molecule is CCC[CH2][Sn]([CH2]CCC)([CH2]CCC)[C@H](C[C@@H](C)O[Si](c1ccccc1)(c1ccccc1)C(C)(C)C)O[Si](C)(C)C(C)(C)C. The molecule has 2 rings (SSSR count). The van der Waals surface area contributed by atoms with E-state index in [4.69, 9.17) is 8.85 Å². The van der Waals surface area contributed by atoms with Gasteiger partial charge in [0.1, 0.15) is 0 Å². The van der Waals surface area contributed by atoms with E-state index >= 15 is 0 Å². The van der Waals surface area contributed by atoms with Crippen LogP contribution >= 0.6 is 0 Å². The zero-order chi connectivity index (χ0) is 32.4. The molecule has 0 radical (unpaired) electrons. The quantitative estimate of drug-likeness (QED) is 0.142. The van der Waals surface area contributed by atoms with E-state index in [0.29, 0.717) is 4.12 Å². The summed E-state index contributed by atoms with van der Waals surface area (Å²) in [6, 6.07) is 22.4. The van der Waals surface area contributed by atoms with Gasteiger partial charge in [-0.15, -0.1) is 0 Å². The minimum absolute atomic E-state index is 0.0211. The van der Waals surface area contributed by atoms with E-state index in [9.17, 15) is 0 Å². The predicted octanol–water partition coefficient (Wildman–Crippen LogP) is 11.1. The molecule has 0 heterocycles.